The van der Waals surface area contributed by atoms with E-state index in [1.54, 1.807) is 0 Å². The molecule has 0 aliphatic rings. The third-order valence-electron chi connectivity index (χ3n) is 3.80. The van der Waals surface area contributed by atoms with Gasteiger partial charge in [0.15, 0.2) is 0 Å². The van der Waals surface area contributed by atoms with E-state index in [1.807, 2.05) is 20.8 Å². The van der Waals surface area contributed by atoms with E-state index < -0.39 is 5.97 Å². The van der Waals surface area contributed by atoms with Crippen LogP contribution in [0.15, 0.2) is 0 Å². The van der Waals surface area contributed by atoms with Gasteiger partial charge in [-0.2, -0.15) is 0 Å². The van der Waals surface area contributed by atoms with Crippen molar-refractivity contribution >= 4 is 12.0 Å². The van der Waals surface area contributed by atoms with Crippen molar-refractivity contribution in [3.63, 3.8) is 0 Å². The average molecular weight is 286 g/mol. The maximum absolute atomic E-state index is 11.9. The van der Waals surface area contributed by atoms with E-state index in [2.05, 4.69) is 24.5 Å². The third-order valence-corrected chi connectivity index (χ3v) is 3.80. The summed E-state index contributed by atoms with van der Waals surface area (Å²) in [4.78, 5) is 22.7. The Balaban J connectivity index is 4.32. The Hall–Kier alpha value is -1.26. The summed E-state index contributed by atoms with van der Waals surface area (Å²) in [6.07, 6.45) is 2.62. The number of carbonyl (C=O) groups excluding carboxylic acids is 1. The number of aliphatic carboxylic acids is 1. The normalized spacial score (nSPS) is 13.1. The summed E-state index contributed by atoms with van der Waals surface area (Å²) >= 11 is 0. The SMILES string of the molecule is CCC(C)(CC)NC(=O)NCC(CC(=O)O)CC(C)C. The standard InChI is InChI=1S/C15H30N2O3/c1-6-15(5,7-2)17-14(20)16-10-12(8-11(3)4)9-13(18)19/h11-12H,6-10H2,1-5H3,(H,18,19)(H2,16,17,20). The van der Waals surface area contributed by atoms with E-state index in [1.165, 1.54) is 0 Å². The fraction of sp³-hybridized carbons (Fsp3) is 0.867. The monoisotopic (exact) mass is 286 g/mol. The number of amides is 2. The van der Waals surface area contributed by atoms with Crippen LogP contribution < -0.4 is 10.6 Å². The van der Waals surface area contributed by atoms with Gasteiger partial charge in [-0.25, -0.2) is 4.79 Å². The first-order valence-corrected chi connectivity index (χ1v) is 7.50. The Morgan fingerprint density at radius 3 is 2.15 bits per heavy atom. The lowest BCUT2D eigenvalue weighted by Gasteiger charge is -2.28. The molecule has 1 unspecified atom stereocenters. The van der Waals surface area contributed by atoms with Gasteiger partial charge in [-0.05, 0) is 38.0 Å². The molecular formula is C15H30N2O3. The maximum Gasteiger partial charge on any atom is 0.315 e. The minimum atomic E-state index is -0.815. The summed E-state index contributed by atoms with van der Waals surface area (Å²) in [5, 5.41) is 14.7. The molecule has 5 heteroatoms. The summed E-state index contributed by atoms with van der Waals surface area (Å²) in [6, 6.07) is -0.213. The van der Waals surface area contributed by atoms with Gasteiger partial charge in [-0.1, -0.05) is 27.7 Å². The van der Waals surface area contributed by atoms with Crippen LogP contribution in [0, 0.1) is 11.8 Å². The largest absolute Gasteiger partial charge is 0.481 e. The predicted octanol–water partition coefficient (Wildman–Crippen LogP) is 3.00. The van der Waals surface area contributed by atoms with Crippen molar-refractivity contribution in [3.8, 4) is 0 Å². The van der Waals surface area contributed by atoms with Crippen LogP contribution in [0.2, 0.25) is 0 Å². The zero-order valence-corrected chi connectivity index (χ0v) is 13.5. The minimum Gasteiger partial charge on any atom is -0.481 e. The van der Waals surface area contributed by atoms with Crippen LogP contribution in [-0.2, 0) is 4.79 Å². The van der Waals surface area contributed by atoms with E-state index in [0.29, 0.717) is 12.5 Å². The molecule has 5 nitrogen and oxygen atoms in total. The smallest absolute Gasteiger partial charge is 0.315 e. The fourth-order valence-corrected chi connectivity index (χ4v) is 2.13. The number of urea groups is 1. The molecule has 0 radical (unpaired) electrons. The molecule has 0 spiro atoms. The molecule has 20 heavy (non-hydrogen) atoms. The van der Waals surface area contributed by atoms with Crippen molar-refractivity contribution in [2.24, 2.45) is 11.8 Å². The minimum absolute atomic E-state index is 0.0206. The molecule has 0 rings (SSSR count). The van der Waals surface area contributed by atoms with Gasteiger partial charge >= 0.3 is 12.0 Å². The molecule has 118 valence electrons. The summed E-state index contributed by atoms with van der Waals surface area (Å²) in [5.41, 5.74) is -0.204. The van der Waals surface area contributed by atoms with Crippen molar-refractivity contribution in [1.82, 2.24) is 10.6 Å². The Labute approximate surface area is 122 Å². The van der Waals surface area contributed by atoms with Gasteiger partial charge in [0.25, 0.3) is 0 Å². The number of carboxylic acids is 1. The Morgan fingerprint density at radius 1 is 1.20 bits per heavy atom. The van der Waals surface area contributed by atoms with Crippen LogP contribution in [0.3, 0.4) is 0 Å². The Kier molecular flexibility index (Phi) is 8.26. The Morgan fingerprint density at radius 2 is 1.75 bits per heavy atom. The topological polar surface area (TPSA) is 78.4 Å². The van der Waals surface area contributed by atoms with Crippen LogP contribution in [0.5, 0.6) is 0 Å². The summed E-state index contributed by atoms with van der Waals surface area (Å²) < 4.78 is 0. The van der Waals surface area contributed by atoms with E-state index in [-0.39, 0.29) is 23.9 Å². The maximum atomic E-state index is 11.9. The van der Waals surface area contributed by atoms with Gasteiger partial charge in [0, 0.05) is 18.5 Å². The van der Waals surface area contributed by atoms with Crippen molar-refractivity contribution in [2.75, 3.05) is 6.54 Å². The van der Waals surface area contributed by atoms with E-state index in [4.69, 9.17) is 5.11 Å². The van der Waals surface area contributed by atoms with Crippen LogP contribution in [0.1, 0.15) is 60.3 Å². The highest BCUT2D eigenvalue weighted by Crippen LogP contribution is 2.15. The molecule has 0 bridgehead atoms. The average Bonchev–Trinajstić information content (AvgIpc) is 2.34. The van der Waals surface area contributed by atoms with Crippen molar-refractivity contribution < 1.29 is 14.7 Å². The third kappa shape index (κ3) is 8.02. The molecule has 0 aromatic carbocycles. The highest BCUT2D eigenvalue weighted by atomic mass is 16.4. The highest BCUT2D eigenvalue weighted by molar-refractivity contribution is 5.74. The van der Waals surface area contributed by atoms with E-state index >= 15 is 0 Å². The van der Waals surface area contributed by atoms with Gasteiger partial charge in [0.05, 0.1) is 0 Å². The van der Waals surface area contributed by atoms with Crippen molar-refractivity contribution in [1.29, 1.82) is 0 Å². The van der Waals surface area contributed by atoms with Gasteiger partial charge in [0.2, 0.25) is 0 Å². The molecule has 0 aromatic rings. The first-order chi connectivity index (χ1) is 9.22. The van der Waals surface area contributed by atoms with Gasteiger partial charge < -0.3 is 15.7 Å². The van der Waals surface area contributed by atoms with E-state index in [0.717, 1.165) is 19.3 Å². The second kappa shape index (κ2) is 8.82. The van der Waals surface area contributed by atoms with Gasteiger partial charge in [-0.15, -0.1) is 0 Å². The zero-order chi connectivity index (χ0) is 15.8. The number of rotatable bonds is 9. The Bertz CT molecular complexity index is 312. The first kappa shape index (κ1) is 18.7. The van der Waals surface area contributed by atoms with Crippen molar-refractivity contribution in [3.05, 3.63) is 0 Å². The second-order valence-corrected chi connectivity index (χ2v) is 6.20. The molecule has 0 saturated heterocycles. The highest BCUT2D eigenvalue weighted by Gasteiger charge is 2.22. The molecule has 0 heterocycles. The summed E-state index contributed by atoms with van der Waals surface area (Å²) in [5.74, 6) is -0.418. The van der Waals surface area contributed by atoms with Gasteiger partial charge in [0.1, 0.15) is 0 Å². The molecular weight excluding hydrogens is 256 g/mol. The molecule has 3 N–H and O–H groups in total. The van der Waals surface area contributed by atoms with Crippen LogP contribution in [-0.4, -0.2) is 29.2 Å². The molecule has 0 aromatic heterocycles. The molecule has 2 amide bonds. The molecule has 0 saturated carbocycles. The first-order valence-electron chi connectivity index (χ1n) is 7.50. The quantitative estimate of drug-likeness (QED) is 0.609. The second-order valence-electron chi connectivity index (χ2n) is 6.20. The molecule has 0 aliphatic carbocycles. The lowest BCUT2D eigenvalue weighted by molar-refractivity contribution is -0.138. The molecule has 1 atom stereocenters. The zero-order valence-electron chi connectivity index (χ0n) is 13.5. The number of carbonyl (C=O) groups is 2. The van der Waals surface area contributed by atoms with E-state index in [9.17, 15) is 9.59 Å². The predicted molar refractivity (Wildman–Crippen MR) is 80.7 cm³/mol. The number of carboxylic acid groups (broad SMARTS) is 1. The van der Waals surface area contributed by atoms with Crippen molar-refractivity contribution in [2.45, 2.75) is 65.8 Å². The number of hydrogen-bond acceptors (Lipinski definition) is 2. The fourth-order valence-electron chi connectivity index (χ4n) is 2.13. The summed E-state index contributed by atoms with van der Waals surface area (Å²) in [7, 11) is 0. The lowest BCUT2D eigenvalue weighted by atomic mass is 9.94. The van der Waals surface area contributed by atoms with Crippen LogP contribution in [0.25, 0.3) is 0 Å². The molecule has 0 aliphatic heterocycles. The number of nitrogens with one attached hydrogen (secondary N) is 2. The van der Waals surface area contributed by atoms with Crippen LogP contribution >= 0.6 is 0 Å². The molecule has 0 fully saturated rings. The lowest BCUT2D eigenvalue weighted by Crippen LogP contribution is -2.50. The summed E-state index contributed by atoms with van der Waals surface area (Å²) in [6.45, 7) is 10.6. The van der Waals surface area contributed by atoms with Crippen LogP contribution in [0.4, 0.5) is 4.79 Å². The van der Waals surface area contributed by atoms with Gasteiger partial charge in [-0.3, -0.25) is 4.79 Å². The number of hydrogen-bond donors (Lipinski definition) is 3.